The topological polar surface area (TPSA) is 55.1 Å². The Morgan fingerprint density at radius 3 is 2.82 bits per heavy atom. The average Bonchev–Trinajstić information content (AvgIpc) is 2.82. The van der Waals surface area contributed by atoms with Gasteiger partial charge in [0.25, 0.3) is 5.91 Å². The molecule has 0 atom stereocenters. The zero-order chi connectivity index (χ0) is 12.3. The molecule has 3 nitrogen and oxygen atoms in total. The van der Waals surface area contributed by atoms with Gasteiger partial charge in [0.05, 0.1) is 0 Å². The van der Waals surface area contributed by atoms with Crippen LogP contribution in [-0.2, 0) is 0 Å². The number of amides is 1. The van der Waals surface area contributed by atoms with Gasteiger partial charge in [-0.05, 0) is 43.4 Å². The van der Waals surface area contributed by atoms with E-state index in [1.54, 1.807) is 6.07 Å². The summed E-state index contributed by atoms with van der Waals surface area (Å²) in [6.07, 6.45) is 5.10. The van der Waals surface area contributed by atoms with E-state index in [2.05, 4.69) is 5.32 Å². The first kappa shape index (κ1) is 12.0. The van der Waals surface area contributed by atoms with E-state index in [-0.39, 0.29) is 5.91 Å². The van der Waals surface area contributed by atoms with Gasteiger partial charge in [0, 0.05) is 17.8 Å². The van der Waals surface area contributed by atoms with Gasteiger partial charge in [0.1, 0.15) is 0 Å². The van der Waals surface area contributed by atoms with Gasteiger partial charge >= 0.3 is 0 Å². The normalized spacial score (nSPS) is 16.1. The molecule has 0 aromatic heterocycles. The van der Waals surface area contributed by atoms with E-state index in [0.29, 0.717) is 17.2 Å². The van der Waals surface area contributed by atoms with Gasteiger partial charge in [-0.25, -0.2) is 0 Å². The lowest BCUT2D eigenvalue weighted by molar-refractivity contribution is 0.0947. The monoisotopic (exact) mass is 232 g/mol. The fourth-order valence-electron chi connectivity index (χ4n) is 2.43. The summed E-state index contributed by atoms with van der Waals surface area (Å²) in [7, 11) is 0. The minimum Gasteiger partial charge on any atom is -0.399 e. The highest BCUT2D eigenvalue weighted by atomic mass is 16.1. The molecule has 0 unspecified atom stereocenters. The van der Waals surface area contributed by atoms with Crippen LogP contribution in [0.15, 0.2) is 18.2 Å². The SMILES string of the molecule is Cc1ccc(N)cc1C(=O)NCC1CCCC1. The van der Waals surface area contributed by atoms with Crippen molar-refractivity contribution in [3.05, 3.63) is 29.3 Å². The number of anilines is 1. The highest BCUT2D eigenvalue weighted by Gasteiger charge is 2.16. The Bertz CT molecular complexity index is 409. The molecule has 1 amide bonds. The number of aryl methyl sites for hydroxylation is 1. The molecular formula is C14H20N2O. The van der Waals surface area contributed by atoms with Crippen molar-refractivity contribution in [1.29, 1.82) is 0 Å². The smallest absolute Gasteiger partial charge is 0.251 e. The highest BCUT2D eigenvalue weighted by Crippen LogP contribution is 2.23. The molecule has 0 saturated heterocycles. The van der Waals surface area contributed by atoms with Crippen molar-refractivity contribution >= 4 is 11.6 Å². The van der Waals surface area contributed by atoms with Gasteiger partial charge in [0.2, 0.25) is 0 Å². The summed E-state index contributed by atoms with van der Waals surface area (Å²) in [6.45, 7) is 2.73. The predicted octanol–water partition coefficient (Wildman–Crippen LogP) is 2.50. The summed E-state index contributed by atoms with van der Waals surface area (Å²) in [5.41, 5.74) is 8.02. The van der Waals surface area contributed by atoms with E-state index in [1.165, 1.54) is 25.7 Å². The van der Waals surface area contributed by atoms with Crippen molar-refractivity contribution < 1.29 is 4.79 Å². The Morgan fingerprint density at radius 2 is 2.12 bits per heavy atom. The summed E-state index contributed by atoms with van der Waals surface area (Å²) >= 11 is 0. The summed E-state index contributed by atoms with van der Waals surface area (Å²) in [5.74, 6) is 0.669. The highest BCUT2D eigenvalue weighted by molar-refractivity contribution is 5.96. The van der Waals surface area contributed by atoms with Crippen LogP contribution < -0.4 is 11.1 Å². The van der Waals surface area contributed by atoms with Gasteiger partial charge in [-0.2, -0.15) is 0 Å². The van der Waals surface area contributed by atoms with Crippen LogP contribution >= 0.6 is 0 Å². The van der Waals surface area contributed by atoms with Crippen LogP contribution in [0.5, 0.6) is 0 Å². The largest absolute Gasteiger partial charge is 0.399 e. The molecule has 92 valence electrons. The molecule has 0 radical (unpaired) electrons. The third-order valence-corrected chi connectivity index (χ3v) is 3.53. The lowest BCUT2D eigenvalue weighted by atomic mass is 10.1. The molecule has 0 heterocycles. The molecule has 2 rings (SSSR count). The molecule has 1 aromatic rings. The van der Waals surface area contributed by atoms with E-state index < -0.39 is 0 Å². The van der Waals surface area contributed by atoms with Gasteiger partial charge in [-0.15, -0.1) is 0 Å². The van der Waals surface area contributed by atoms with Gasteiger partial charge < -0.3 is 11.1 Å². The maximum Gasteiger partial charge on any atom is 0.251 e. The van der Waals surface area contributed by atoms with Crippen LogP contribution in [0, 0.1) is 12.8 Å². The lowest BCUT2D eigenvalue weighted by Gasteiger charge is -2.12. The first-order valence-electron chi connectivity index (χ1n) is 6.31. The zero-order valence-electron chi connectivity index (χ0n) is 10.3. The molecular weight excluding hydrogens is 212 g/mol. The fraction of sp³-hybridized carbons (Fsp3) is 0.500. The van der Waals surface area contributed by atoms with Crippen LogP contribution in [0.4, 0.5) is 5.69 Å². The minimum absolute atomic E-state index is 0.00157. The minimum atomic E-state index is 0.00157. The fourth-order valence-corrected chi connectivity index (χ4v) is 2.43. The van der Waals surface area contributed by atoms with Gasteiger partial charge in [-0.3, -0.25) is 4.79 Å². The Morgan fingerprint density at radius 1 is 1.41 bits per heavy atom. The van der Waals surface area contributed by atoms with Crippen molar-refractivity contribution in [1.82, 2.24) is 5.32 Å². The second kappa shape index (κ2) is 5.21. The molecule has 1 fully saturated rings. The summed E-state index contributed by atoms with van der Waals surface area (Å²) in [6, 6.07) is 5.46. The summed E-state index contributed by atoms with van der Waals surface area (Å²) < 4.78 is 0. The molecule has 1 aromatic carbocycles. The molecule has 1 saturated carbocycles. The van der Waals surface area contributed by atoms with E-state index in [1.807, 2.05) is 19.1 Å². The van der Waals surface area contributed by atoms with Crippen molar-refractivity contribution in [3.8, 4) is 0 Å². The predicted molar refractivity (Wildman–Crippen MR) is 69.9 cm³/mol. The van der Waals surface area contributed by atoms with Crippen LogP contribution in [0.3, 0.4) is 0 Å². The Balaban J connectivity index is 1.96. The van der Waals surface area contributed by atoms with Crippen LogP contribution in [0.1, 0.15) is 41.6 Å². The van der Waals surface area contributed by atoms with Crippen molar-refractivity contribution in [3.63, 3.8) is 0 Å². The van der Waals surface area contributed by atoms with Crippen molar-refractivity contribution in [2.24, 2.45) is 5.92 Å². The number of nitrogens with one attached hydrogen (secondary N) is 1. The van der Waals surface area contributed by atoms with Crippen molar-refractivity contribution in [2.75, 3.05) is 12.3 Å². The third kappa shape index (κ3) is 2.99. The number of nitrogens with two attached hydrogens (primary N) is 1. The molecule has 3 N–H and O–H groups in total. The number of nitrogen functional groups attached to an aromatic ring is 1. The second-order valence-corrected chi connectivity index (χ2v) is 4.93. The van der Waals surface area contributed by atoms with Gasteiger partial charge in [-0.1, -0.05) is 18.9 Å². The molecule has 1 aliphatic carbocycles. The average molecular weight is 232 g/mol. The Hall–Kier alpha value is -1.51. The van der Waals surface area contributed by atoms with Gasteiger partial charge in [0.15, 0.2) is 0 Å². The first-order chi connectivity index (χ1) is 8.16. The molecule has 1 aliphatic rings. The van der Waals surface area contributed by atoms with E-state index >= 15 is 0 Å². The number of benzene rings is 1. The van der Waals surface area contributed by atoms with E-state index in [0.717, 1.165) is 12.1 Å². The molecule has 0 aliphatic heterocycles. The second-order valence-electron chi connectivity index (χ2n) is 4.93. The quantitative estimate of drug-likeness (QED) is 0.787. The zero-order valence-corrected chi connectivity index (χ0v) is 10.3. The number of hydrogen-bond acceptors (Lipinski definition) is 2. The van der Waals surface area contributed by atoms with Crippen molar-refractivity contribution in [2.45, 2.75) is 32.6 Å². The maximum atomic E-state index is 12.0. The van der Waals surface area contributed by atoms with Crippen LogP contribution in [0.2, 0.25) is 0 Å². The van der Waals surface area contributed by atoms with E-state index in [9.17, 15) is 4.79 Å². The maximum absolute atomic E-state index is 12.0. The third-order valence-electron chi connectivity index (χ3n) is 3.53. The number of carbonyl (C=O) groups is 1. The lowest BCUT2D eigenvalue weighted by Crippen LogP contribution is -2.28. The Labute approximate surface area is 102 Å². The molecule has 3 heteroatoms. The number of carbonyl (C=O) groups excluding carboxylic acids is 1. The number of rotatable bonds is 3. The Kier molecular flexibility index (Phi) is 3.67. The standard InChI is InChI=1S/C14H20N2O/c1-10-6-7-12(15)8-13(10)14(17)16-9-11-4-2-3-5-11/h6-8,11H,2-5,9,15H2,1H3,(H,16,17). The van der Waals surface area contributed by atoms with E-state index in [4.69, 9.17) is 5.73 Å². The van der Waals surface area contributed by atoms with Crippen LogP contribution in [-0.4, -0.2) is 12.5 Å². The molecule has 17 heavy (non-hydrogen) atoms. The summed E-state index contributed by atoms with van der Waals surface area (Å²) in [4.78, 5) is 12.0. The first-order valence-corrected chi connectivity index (χ1v) is 6.31. The summed E-state index contributed by atoms with van der Waals surface area (Å²) in [5, 5.41) is 3.01. The van der Waals surface area contributed by atoms with Crippen LogP contribution in [0.25, 0.3) is 0 Å². The number of hydrogen-bond donors (Lipinski definition) is 2. The molecule has 0 bridgehead atoms. The molecule has 0 spiro atoms.